The first-order valence-corrected chi connectivity index (χ1v) is 13.8. The van der Waals surface area contributed by atoms with Gasteiger partial charge >= 0.3 is 0 Å². The van der Waals surface area contributed by atoms with E-state index in [1.807, 2.05) is 63.4 Å². The molecule has 0 aliphatic carbocycles. The van der Waals surface area contributed by atoms with Crippen LogP contribution in [0.4, 0.5) is 0 Å². The molecule has 194 valence electrons. The van der Waals surface area contributed by atoms with Crippen LogP contribution in [0.5, 0.6) is 0 Å². The predicted molar refractivity (Wildman–Crippen MR) is 155 cm³/mol. The monoisotopic (exact) mass is 544 g/mol. The second-order valence-electron chi connectivity index (χ2n) is 9.15. The molecule has 0 saturated carbocycles. The Hall–Kier alpha value is -3.68. The van der Waals surface area contributed by atoms with Crippen LogP contribution in [0.2, 0.25) is 5.02 Å². The molecule has 0 fully saturated rings. The van der Waals surface area contributed by atoms with Gasteiger partial charge in [-0.2, -0.15) is 0 Å². The van der Waals surface area contributed by atoms with Crippen LogP contribution in [-0.4, -0.2) is 33.0 Å². The molecule has 2 aromatic carbocycles. The van der Waals surface area contributed by atoms with Crippen molar-refractivity contribution in [2.45, 2.75) is 33.4 Å². The summed E-state index contributed by atoms with van der Waals surface area (Å²) in [4.78, 5) is 34.8. The summed E-state index contributed by atoms with van der Waals surface area (Å²) in [5, 5.41) is 1.65. The number of thiazole rings is 1. The molecule has 0 bridgehead atoms. The minimum Gasteiger partial charge on any atom is -0.343 e. The summed E-state index contributed by atoms with van der Waals surface area (Å²) >= 11 is 7.53. The average Bonchev–Trinajstić information content (AvgIpc) is 3.41. The van der Waals surface area contributed by atoms with E-state index in [4.69, 9.17) is 16.6 Å². The van der Waals surface area contributed by atoms with Crippen molar-refractivity contribution < 1.29 is 4.79 Å². The van der Waals surface area contributed by atoms with Crippen molar-refractivity contribution in [2.24, 2.45) is 4.99 Å². The van der Waals surface area contributed by atoms with Crippen molar-refractivity contribution >= 4 is 45.8 Å². The molecule has 0 radical (unpaired) electrons. The smallest absolute Gasteiger partial charge is 0.271 e. The van der Waals surface area contributed by atoms with E-state index in [1.165, 1.54) is 11.3 Å². The van der Waals surface area contributed by atoms with E-state index >= 15 is 0 Å². The van der Waals surface area contributed by atoms with Crippen molar-refractivity contribution in [1.29, 1.82) is 0 Å². The normalized spacial score (nSPS) is 15.5. The molecule has 1 atom stereocenters. The summed E-state index contributed by atoms with van der Waals surface area (Å²) < 4.78 is 4.34. The number of benzene rings is 2. The number of aromatic nitrogens is 2. The van der Waals surface area contributed by atoms with Crippen LogP contribution in [0.3, 0.4) is 0 Å². The molecule has 1 amide bonds. The maximum absolute atomic E-state index is 14.0. The lowest BCUT2D eigenvalue weighted by molar-refractivity contribution is -0.127. The van der Waals surface area contributed by atoms with E-state index in [-0.39, 0.29) is 11.5 Å². The lowest BCUT2D eigenvalue weighted by atomic mass is 9.94. The highest BCUT2D eigenvalue weighted by Gasteiger charge is 2.34. The first-order chi connectivity index (χ1) is 18.4. The molecule has 38 heavy (non-hydrogen) atoms. The third kappa shape index (κ3) is 4.46. The molecule has 1 aliphatic rings. The zero-order chi connectivity index (χ0) is 27.0. The summed E-state index contributed by atoms with van der Waals surface area (Å²) in [6, 6.07) is 14.8. The molecular formula is C30H29ClN4O2S. The standard InChI is InChI=1S/C30H29ClN4O2S/c1-5-16-34-18-21(23-10-8-9-11-24(23)34)17-25-28(36)35-27(20-12-14-22(31)15-13-20)26(19(4)32-30(35)38-25)29(37)33(6-2)7-3/h5,8-15,17-18,27H,1,6-7,16H2,2-4H3/b25-17+/t27-/m1/s1. The van der Waals surface area contributed by atoms with E-state index in [1.54, 1.807) is 21.6 Å². The second-order valence-corrected chi connectivity index (χ2v) is 10.6. The maximum atomic E-state index is 14.0. The topological polar surface area (TPSA) is 59.6 Å². The van der Waals surface area contributed by atoms with Gasteiger partial charge in [-0.15, -0.1) is 6.58 Å². The van der Waals surface area contributed by atoms with Crippen molar-refractivity contribution in [1.82, 2.24) is 14.0 Å². The van der Waals surface area contributed by atoms with Crippen molar-refractivity contribution in [3.8, 4) is 0 Å². The molecule has 0 saturated heterocycles. The number of nitrogens with zero attached hydrogens (tertiary/aromatic N) is 4. The molecule has 0 spiro atoms. The number of hydrogen-bond donors (Lipinski definition) is 0. The Morgan fingerprint density at radius 2 is 1.87 bits per heavy atom. The van der Waals surface area contributed by atoms with Crippen molar-refractivity contribution in [3.63, 3.8) is 0 Å². The quantitative estimate of drug-likeness (QED) is 0.311. The van der Waals surface area contributed by atoms with E-state index in [0.29, 0.717) is 45.3 Å². The first kappa shape index (κ1) is 25.9. The predicted octanol–water partition coefficient (Wildman–Crippen LogP) is 4.90. The number of amides is 1. The zero-order valence-corrected chi connectivity index (χ0v) is 23.2. The minimum atomic E-state index is -0.596. The van der Waals surface area contributed by atoms with Gasteiger partial charge in [0.15, 0.2) is 4.80 Å². The fourth-order valence-corrected chi connectivity index (χ4v) is 6.22. The number of fused-ring (bicyclic) bond motifs is 2. The van der Waals surface area contributed by atoms with Gasteiger partial charge in [0.25, 0.3) is 11.5 Å². The fraction of sp³-hybridized carbons (Fsp3) is 0.233. The number of rotatable bonds is 7. The van der Waals surface area contributed by atoms with Crippen LogP contribution in [-0.2, 0) is 11.3 Å². The van der Waals surface area contributed by atoms with Gasteiger partial charge in [0, 0.05) is 47.3 Å². The van der Waals surface area contributed by atoms with Crippen LogP contribution in [0.15, 0.2) is 88.4 Å². The van der Waals surface area contributed by atoms with Gasteiger partial charge in [-0.25, -0.2) is 4.99 Å². The van der Waals surface area contributed by atoms with E-state index < -0.39 is 6.04 Å². The Kier molecular flexibility index (Phi) is 7.23. The lowest BCUT2D eigenvalue weighted by Crippen LogP contribution is -2.43. The van der Waals surface area contributed by atoms with Gasteiger partial charge in [-0.05, 0) is 50.6 Å². The summed E-state index contributed by atoms with van der Waals surface area (Å²) in [5.74, 6) is -0.113. The maximum Gasteiger partial charge on any atom is 0.271 e. The summed E-state index contributed by atoms with van der Waals surface area (Å²) in [5.41, 5.74) is 3.80. The molecule has 0 N–H and O–H groups in total. The van der Waals surface area contributed by atoms with Gasteiger partial charge < -0.3 is 9.47 Å². The van der Waals surface area contributed by atoms with E-state index in [2.05, 4.69) is 23.3 Å². The van der Waals surface area contributed by atoms with Gasteiger partial charge in [0.2, 0.25) is 0 Å². The number of hydrogen-bond acceptors (Lipinski definition) is 4. The fourth-order valence-electron chi connectivity index (χ4n) is 5.06. The first-order valence-electron chi connectivity index (χ1n) is 12.6. The molecule has 2 aromatic heterocycles. The number of allylic oxidation sites excluding steroid dienone is 2. The molecule has 3 heterocycles. The van der Waals surface area contributed by atoms with E-state index in [9.17, 15) is 9.59 Å². The van der Waals surface area contributed by atoms with Gasteiger partial charge in [-0.1, -0.05) is 59.3 Å². The minimum absolute atomic E-state index is 0.113. The molecule has 5 rings (SSSR count). The highest BCUT2D eigenvalue weighted by atomic mass is 35.5. The third-order valence-electron chi connectivity index (χ3n) is 6.92. The van der Waals surface area contributed by atoms with Crippen LogP contribution in [0.1, 0.15) is 37.9 Å². The molecular weight excluding hydrogens is 516 g/mol. The molecule has 4 aromatic rings. The number of para-hydroxylation sites is 1. The number of carbonyl (C=O) groups is 1. The largest absolute Gasteiger partial charge is 0.343 e. The summed E-state index contributed by atoms with van der Waals surface area (Å²) in [7, 11) is 0. The molecule has 1 aliphatic heterocycles. The Morgan fingerprint density at radius 1 is 1.16 bits per heavy atom. The molecule has 8 heteroatoms. The van der Waals surface area contributed by atoms with E-state index in [0.717, 1.165) is 22.0 Å². The zero-order valence-electron chi connectivity index (χ0n) is 21.6. The Balaban J connectivity index is 1.74. The Bertz CT molecular complexity index is 1750. The second kappa shape index (κ2) is 10.6. The van der Waals surface area contributed by atoms with Crippen LogP contribution in [0.25, 0.3) is 17.0 Å². The average molecular weight is 545 g/mol. The Labute approximate surface area is 230 Å². The number of carbonyl (C=O) groups excluding carboxylic acids is 1. The molecule has 6 nitrogen and oxygen atoms in total. The van der Waals surface area contributed by atoms with Crippen LogP contribution in [0, 0.1) is 0 Å². The summed E-state index contributed by atoms with van der Waals surface area (Å²) in [6.07, 6.45) is 5.82. The van der Waals surface area contributed by atoms with Crippen molar-refractivity contribution in [2.75, 3.05) is 13.1 Å². The van der Waals surface area contributed by atoms with Gasteiger partial charge in [0.1, 0.15) is 0 Å². The third-order valence-corrected chi connectivity index (χ3v) is 8.16. The highest BCUT2D eigenvalue weighted by Crippen LogP contribution is 2.32. The lowest BCUT2D eigenvalue weighted by Gasteiger charge is -2.29. The number of halogens is 1. The van der Waals surface area contributed by atoms with Gasteiger partial charge in [-0.3, -0.25) is 14.2 Å². The summed E-state index contributed by atoms with van der Waals surface area (Å²) in [6.45, 7) is 11.4. The van der Waals surface area contributed by atoms with Gasteiger partial charge in [0.05, 0.1) is 21.8 Å². The SMILES string of the molecule is C=CCn1cc(/C=c2/sc3n(c2=O)[C@H](c2ccc(Cl)cc2)C(C(=O)N(CC)CC)=C(C)N=3)c2ccccc21. The Morgan fingerprint density at radius 3 is 2.55 bits per heavy atom. The molecule has 0 unspecified atom stereocenters. The van der Waals surface area contributed by atoms with Crippen molar-refractivity contribution in [3.05, 3.63) is 114 Å². The van der Waals surface area contributed by atoms with Crippen LogP contribution < -0.4 is 14.9 Å². The number of likely N-dealkylation sites (N-methyl/N-ethyl adjacent to an activating group) is 1. The van der Waals surface area contributed by atoms with Crippen LogP contribution >= 0.6 is 22.9 Å². The highest BCUT2D eigenvalue weighted by molar-refractivity contribution is 7.07.